The SMILES string of the molecule is Cc1ccc(S[C@@H](C)C(=O)N(Cc2ccccc2)Cc2ccccc2)cc1. The third-order valence-electron chi connectivity index (χ3n) is 4.43. The van der Waals surface area contributed by atoms with Crippen LogP contribution < -0.4 is 0 Å². The summed E-state index contributed by atoms with van der Waals surface area (Å²) in [6, 6.07) is 28.7. The van der Waals surface area contributed by atoms with Gasteiger partial charge in [-0.15, -0.1) is 11.8 Å². The summed E-state index contributed by atoms with van der Waals surface area (Å²) in [7, 11) is 0. The summed E-state index contributed by atoms with van der Waals surface area (Å²) in [5, 5.41) is -0.139. The van der Waals surface area contributed by atoms with E-state index >= 15 is 0 Å². The second-order valence-corrected chi connectivity index (χ2v) is 8.15. The summed E-state index contributed by atoms with van der Waals surface area (Å²) in [5.74, 6) is 0.160. The van der Waals surface area contributed by atoms with Crippen molar-refractivity contribution in [2.45, 2.75) is 37.1 Å². The van der Waals surface area contributed by atoms with Crippen LogP contribution in [-0.2, 0) is 17.9 Å². The number of hydrogen-bond acceptors (Lipinski definition) is 2. The minimum Gasteiger partial charge on any atom is -0.333 e. The molecule has 27 heavy (non-hydrogen) atoms. The number of hydrogen-bond donors (Lipinski definition) is 0. The van der Waals surface area contributed by atoms with Crippen LogP contribution in [0, 0.1) is 6.92 Å². The first-order valence-electron chi connectivity index (χ1n) is 9.22. The Hall–Kier alpha value is -2.52. The quantitative estimate of drug-likeness (QED) is 0.493. The van der Waals surface area contributed by atoms with Gasteiger partial charge in [-0.25, -0.2) is 0 Å². The lowest BCUT2D eigenvalue weighted by atomic mass is 10.1. The molecule has 0 N–H and O–H groups in total. The number of thioether (sulfide) groups is 1. The summed E-state index contributed by atoms with van der Waals surface area (Å²) in [6.07, 6.45) is 0. The highest BCUT2D eigenvalue weighted by Gasteiger charge is 2.22. The van der Waals surface area contributed by atoms with E-state index in [0.717, 1.165) is 16.0 Å². The Labute approximate surface area is 166 Å². The third kappa shape index (κ3) is 5.73. The number of rotatable bonds is 7. The Morgan fingerprint density at radius 3 is 1.78 bits per heavy atom. The Morgan fingerprint density at radius 2 is 1.30 bits per heavy atom. The summed E-state index contributed by atoms with van der Waals surface area (Å²) in [5.41, 5.74) is 3.52. The highest BCUT2D eigenvalue weighted by Crippen LogP contribution is 2.26. The van der Waals surface area contributed by atoms with Crippen molar-refractivity contribution in [2.75, 3.05) is 0 Å². The fraction of sp³-hybridized carbons (Fsp3) is 0.208. The van der Waals surface area contributed by atoms with Crippen molar-refractivity contribution in [2.24, 2.45) is 0 Å². The van der Waals surface area contributed by atoms with Gasteiger partial charge in [0, 0.05) is 18.0 Å². The molecule has 0 radical (unpaired) electrons. The van der Waals surface area contributed by atoms with Crippen molar-refractivity contribution in [3.05, 3.63) is 102 Å². The molecule has 3 aromatic rings. The molecule has 2 nitrogen and oxygen atoms in total. The van der Waals surface area contributed by atoms with Gasteiger partial charge in [0.2, 0.25) is 5.91 Å². The molecular weight excluding hydrogens is 350 g/mol. The molecule has 0 aliphatic heterocycles. The predicted molar refractivity (Wildman–Crippen MR) is 114 cm³/mol. The van der Waals surface area contributed by atoms with Crippen LogP contribution in [0.4, 0.5) is 0 Å². The van der Waals surface area contributed by atoms with Crippen molar-refractivity contribution in [1.29, 1.82) is 0 Å². The lowest BCUT2D eigenvalue weighted by molar-refractivity contribution is -0.131. The van der Waals surface area contributed by atoms with Crippen LogP contribution in [0.25, 0.3) is 0 Å². The molecule has 0 heterocycles. The molecule has 0 aliphatic rings. The van der Waals surface area contributed by atoms with Gasteiger partial charge in [-0.05, 0) is 37.1 Å². The van der Waals surface area contributed by atoms with E-state index in [0.29, 0.717) is 13.1 Å². The Morgan fingerprint density at radius 1 is 0.815 bits per heavy atom. The van der Waals surface area contributed by atoms with Gasteiger partial charge < -0.3 is 4.90 Å². The second-order valence-electron chi connectivity index (χ2n) is 6.74. The van der Waals surface area contributed by atoms with E-state index in [1.54, 1.807) is 11.8 Å². The molecule has 0 aromatic heterocycles. The number of nitrogens with zero attached hydrogens (tertiary/aromatic N) is 1. The van der Waals surface area contributed by atoms with Crippen LogP contribution in [-0.4, -0.2) is 16.1 Å². The van der Waals surface area contributed by atoms with Crippen LogP contribution >= 0.6 is 11.8 Å². The maximum absolute atomic E-state index is 13.2. The minimum atomic E-state index is -0.139. The summed E-state index contributed by atoms with van der Waals surface area (Å²) in [6.45, 7) is 5.31. The number of benzene rings is 3. The van der Waals surface area contributed by atoms with E-state index in [4.69, 9.17) is 0 Å². The lowest BCUT2D eigenvalue weighted by Crippen LogP contribution is -2.35. The van der Waals surface area contributed by atoms with E-state index in [1.165, 1.54) is 5.56 Å². The van der Waals surface area contributed by atoms with E-state index in [2.05, 4.69) is 55.5 Å². The molecule has 1 amide bonds. The minimum absolute atomic E-state index is 0.139. The van der Waals surface area contributed by atoms with Crippen molar-refractivity contribution in [3.8, 4) is 0 Å². The van der Waals surface area contributed by atoms with Crippen LogP contribution in [0.1, 0.15) is 23.6 Å². The summed E-state index contributed by atoms with van der Waals surface area (Å²) >= 11 is 1.62. The molecular formula is C24H25NOS. The molecule has 0 fully saturated rings. The molecule has 0 saturated heterocycles. The molecule has 0 saturated carbocycles. The lowest BCUT2D eigenvalue weighted by Gasteiger charge is -2.26. The van der Waals surface area contributed by atoms with E-state index < -0.39 is 0 Å². The molecule has 0 bridgehead atoms. The monoisotopic (exact) mass is 375 g/mol. The zero-order valence-corrected chi connectivity index (χ0v) is 16.7. The average molecular weight is 376 g/mol. The van der Waals surface area contributed by atoms with Gasteiger partial charge in [-0.2, -0.15) is 0 Å². The first-order chi connectivity index (χ1) is 13.1. The Kier molecular flexibility index (Phi) is 6.72. The normalized spacial score (nSPS) is 11.8. The van der Waals surface area contributed by atoms with Gasteiger partial charge in [0.15, 0.2) is 0 Å². The van der Waals surface area contributed by atoms with E-state index in [1.807, 2.05) is 48.2 Å². The Bertz CT molecular complexity index is 805. The molecule has 0 unspecified atom stereocenters. The molecule has 0 aliphatic carbocycles. The predicted octanol–water partition coefficient (Wildman–Crippen LogP) is 5.70. The zero-order chi connectivity index (χ0) is 19.1. The molecule has 0 spiro atoms. The van der Waals surface area contributed by atoms with E-state index in [-0.39, 0.29) is 11.2 Å². The maximum atomic E-state index is 13.2. The van der Waals surface area contributed by atoms with Crippen LogP contribution in [0.15, 0.2) is 89.8 Å². The van der Waals surface area contributed by atoms with Crippen molar-refractivity contribution < 1.29 is 4.79 Å². The molecule has 3 heteroatoms. The maximum Gasteiger partial charge on any atom is 0.236 e. The van der Waals surface area contributed by atoms with Crippen molar-refractivity contribution in [1.82, 2.24) is 4.90 Å². The fourth-order valence-corrected chi connectivity index (χ4v) is 3.90. The van der Waals surface area contributed by atoms with Gasteiger partial charge in [-0.3, -0.25) is 4.79 Å². The number of aryl methyl sites for hydroxylation is 1. The van der Waals surface area contributed by atoms with Crippen molar-refractivity contribution >= 4 is 17.7 Å². The van der Waals surface area contributed by atoms with E-state index in [9.17, 15) is 4.79 Å². The first-order valence-corrected chi connectivity index (χ1v) is 10.1. The van der Waals surface area contributed by atoms with Gasteiger partial charge in [0.25, 0.3) is 0 Å². The molecule has 138 valence electrons. The first kappa shape index (κ1) is 19.2. The molecule has 3 aromatic carbocycles. The summed E-state index contributed by atoms with van der Waals surface area (Å²) in [4.78, 5) is 16.3. The van der Waals surface area contributed by atoms with Gasteiger partial charge in [0.05, 0.1) is 5.25 Å². The van der Waals surface area contributed by atoms with Crippen LogP contribution in [0.3, 0.4) is 0 Å². The second kappa shape index (κ2) is 9.43. The molecule has 1 atom stereocenters. The zero-order valence-electron chi connectivity index (χ0n) is 15.8. The highest BCUT2D eigenvalue weighted by atomic mass is 32.2. The number of amides is 1. The number of carbonyl (C=O) groups is 1. The fourth-order valence-electron chi connectivity index (χ4n) is 2.95. The summed E-state index contributed by atoms with van der Waals surface area (Å²) < 4.78 is 0. The molecule has 3 rings (SSSR count). The smallest absolute Gasteiger partial charge is 0.236 e. The van der Waals surface area contributed by atoms with Gasteiger partial charge in [0.1, 0.15) is 0 Å². The van der Waals surface area contributed by atoms with Gasteiger partial charge >= 0.3 is 0 Å². The van der Waals surface area contributed by atoms with Crippen LogP contribution in [0.5, 0.6) is 0 Å². The highest BCUT2D eigenvalue weighted by molar-refractivity contribution is 8.00. The average Bonchev–Trinajstić information content (AvgIpc) is 2.70. The standard InChI is InChI=1S/C24H25NOS/c1-19-13-15-23(16-14-19)27-20(2)24(26)25(17-21-9-5-3-6-10-21)18-22-11-7-4-8-12-22/h3-16,20H,17-18H2,1-2H3/t20-/m0/s1. The Balaban J connectivity index is 1.75. The van der Waals surface area contributed by atoms with Crippen LogP contribution in [0.2, 0.25) is 0 Å². The number of carbonyl (C=O) groups excluding carboxylic acids is 1. The topological polar surface area (TPSA) is 20.3 Å². The van der Waals surface area contributed by atoms with Gasteiger partial charge in [-0.1, -0.05) is 78.4 Å². The largest absolute Gasteiger partial charge is 0.333 e. The van der Waals surface area contributed by atoms with Crippen molar-refractivity contribution in [3.63, 3.8) is 0 Å². The third-order valence-corrected chi connectivity index (χ3v) is 5.53.